The average Bonchev–Trinajstić information content (AvgIpc) is 3.40. The van der Waals surface area contributed by atoms with Crippen molar-refractivity contribution >= 4 is 17.9 Å². The van der Waals surface area contributed by atoms with Crippen molar-refractivity contribution in [2.75, 3.05) is 13.2 Å². The fourth-order valence-corrected chi connectivity index (χ4v) is 8.14. The molecule has 6 nitrogen and oxygen atoms in total. The monoisotopic (exact) mass is 1020 g/mol. The lowest BCUT2D eigenvalue weighted by Gasteiger charge is -2.18. The van der Waals surface area contributed by atoms with Gasteiger partial charge in [0.25, 0.3) is 0 Å². The highest BCUT2D eigenvalue weighted by Crippen LogP contribution is 2.15. The standard InChI is InChI=1S/C68H112O6/c1-4-7-10-13-16-19-22-24-25-26-27-28-29-30-31-32-33-34-35-36-37-38-39-40-41-42-43-45-46-49-52-55-58-61-67(70)73-64-65(63-72-66(69)60-57-54-51-48-21-18-15-12-9-6-3)74-68(71)62-59-56-53-50-47-44-23-20-17-14-11-8-5-2/h7,10,12,15-16,19,24-25,27-28,30-31,33-34,36-37,39-40,42-43,65H,4-6,8-9,11,13-14,17-18,20-23,26,29,32,35,38,41,44-64H2,1-3H3/b10-7-,15-12-,19-16-,25-24-,28-27-,31-30-,34-33-,37-36-,40-39-,43-42-. The Morgan fingerprint density at radius 2 is 0.554 bits per heavy atom. The average molecular weight is 1030 g/mol. The highest BCUT2D eigenvalue weighted by molar-refractivity contribution is 5.71. The molecule has 0 fully saturated rings. The van der Waals surface area contributed by atoms with Crippen molar-refractivity contribution in [1.82, 2.24) is 0 Å². The second-order valence-electron chi connectivity index (χ2n) is 19.9. The summed E-state index contributed by atoms with van der Waals surface area (Å²) in [7, 11) is 0. The zero-order valence-corrected chi connectivity index (χ0v) is 48.1. The van der Waals surface area contributed by atoms with E-state index in [0.29, 0.717) is 19.3 Å². The molecular formula is C68H112O6. The van der Waals surface area contributed by atoms with E-state index >= 15 is 0 Å². The maximum Gasteiger partial charge on any atom is 0.306 e. The number of allylic oxidation sites excluding steroid dienone is 20. The Morgan fingerprint density at radius 3 is 0.892 bits per heavy atom. The second-order valence-corrected chi connectivity index (χ2v) is 19.9. The topological polar surface area (TPSA) is 78.9 Å². The van der Waals surface area contributed by atoms with E-state index in [9.17, 15) is 14.4 Å². The molecule has 0 aliphatic heterocycles. The van der Waals surface area contributed by atoms with Gasteiger partial charge in [0.2, 0.25) is 0 Å². The molecule has 1 atom stereocenters. The molecule has 0 bridgehead atoms. The first-order valence-electron chi connectivity index (χ1n) is 30.5. The van der Waals surface area contributed by atoms with E-state index in [2.05, 4.69) is 142 Å². The van der Waals surface area contributed by atoms with Crippen LogP contribution in [0.4, 0.5) is 0 Å². The molecule has 74 heavy (non-hydrogen) atoms. The minimum atomic E-state index is -0.789. The van der Waals surface area contributed by atoms with Gasteiger partial charge >= 0.3 is 17.9 Å². The molecule has 0 aliphatic carbocycles. The van der Waals surface area contributed by atoms with Crippen molar-refractivity contribution in [1.29, 1.82) is 0 Å². The summed E-state index contributed by atoms with van der Waals surface area (Å²) in [6.45, 7) is 6.44. The molecule has 0 aromatic rings. The molecule has 0 rings (SSSR count). The van der Waals surface area contributed by atoms with E-state index in [-0.39, 0.29) is 31.1 Å². The first-order chi connectivity index (χ1) is 36.5. The Kier molecular flexibility index (Phi) is 57.9. The van der Waals surface area contributed by atoms with Gasteiger partial charge in [0.1, 0.15) is 13.2 Å². The van der Waals surface area contributed by atoms with Crippen LogP contribution in [-0.4, -0.2) is 37.2 Å². The number of hydrogen-bond acceptors (Lipinski definition) is 6. The predicted octanol–water partition coefficient (Wildman–Crippen LogP) is 20.8. The van der Waals surface area contributed by atoms with E-state index in [4.69, 9.17) is 14.2 Å². The summed E-state index contributed by atoms with van der Waals surface area (Å²) < 4.78 is 16.8. The first-order valence-corrected chi connectivity index (χ1v) is 30.5. The Labute approximate surface area is 456 Å². The van der Waals surface area contributed by atoms with Crippen molar-refractivity contribution in [2.45, 2.75) is 277 Å². The third-order valence-corrected chi connectivity index (χ3v) is 12.7. The lowest BCUT2D eigenvalue weighted by Crippen LogP contribution is -2.30. The van der Waals surface area contributed by atoms with Crippen LogP contribution in [0.1, 0.15) is 271 Å². The van der Waals surface area contributed by atoms with E-state index in [1.807, 2.05) is 0 Å². The van der Waals surface area contributed by atoms with Crippen LogP contribution in [0.15, 0.2) is 122 Å². The Balaban J connectivity index is 4.24. The van der Waals surface area contributed by atoms with E-state index in [1.165, 1.54) is 77.0 Å². The molecule has 0 amide bonds. The third kappa shape index (κ3) is 58.7. The van der Waals surface area contributed by atoms with Crippen LogP contribution in [0.25, 0.3) is 0 Å². The fourth-order valence-electron chi connectivity index (χ4n) is 8.14. The van der Waals surface area contributed by atoms with Gasteiger partial charge in [0, 0.05) is 19.3 Å². The van der Waals surface area contributed by atoms with Crippen LogP contribution in [0.3, 0.4) is 0 Å². The maximum atomic E-state index is 12.8. The first kappa shape index (κ1) is 69.8. The Hall–Kier alpha value is -4.19. The molecule has 0 spiro atoms. The largest absolute Gasteiger partial charge is 0.462 e. The van der Waals surface area contributed by atoms with Gasteiger partial charge in [-0.2, -0.15) is 0 Å². The summed E-state index contributed by atoms with van der Waals surface area (Å²) in [5.74, 6) is -0.917. The van der Waals surface area contributed by atoms with E-state index < -0.39 is 6.10 Å². The van der Waals surface area contributed by atoms with Gasteiger partial charge in [0.15, 0.2) is 6.10 Å². The Bertz CT molecular complexity index is 1550. The normalized spacial score (nSPS) is 13.0. The summed E-state index contributed by atoms with van der Waals surface area (Å²) in [6, 6.07) is 0. The van der Waals surface area contributed by atoms with E-state index in [0.717, 1.165) is 154 Å². The molecule has 0 heterocycles. The molecule has 0 saturated heterocycles. The number of ether oxygens (including phenoxy) is 3. The van der Waals surface area contributed by atoms with Gasteiger partial charge in [-0.05, 0) is 109 Å². The SMILES string of the molecule is CC/C=C\C/C=C\C/C=C\C/C=C\C/C=C\C/C=C\C/C=C\C/C=C\C/C=C\CCCCCCCC(=O)OCC(COC(=O)CCCCCCC/C=C\CCC)OC(=O)CCCCCCCCCCCCCCC. The molecule has 0 aliphatic rings. The molecule has 420 valence electrons. The fraction of sp³-hybridized carbons (Fsp3) is 0.662. The summed E-state index contributed by atoms with van der Waals surface area (Å²) in [6.07, 6.45) is 84.9. The number of esters is 3. The van der Waals surface area contributed by atoms with Crippen molar-refractivity contribution < 1.29 is 28.6 Å². The number of carbonyl (C=O) groups is 3. The highest BCUT2D eigenvalue weighted by atomic mass is 16.6. The van der Waals surface area contributed by atoms with Gasteiger partial charge in [-0.1, -0.05) is 264 Å². The molecule has 0 N–H and O–H groups in total. The minimum absolute atomic E-state index is 0.0883. The predicted molar refractivity (Wildman–Crippen MR) is 320 cm³/mol. The Morgan fingerprint density at radius 1 is 0.284 bits per heavy atom. The highest BCUT2D eigenvalue weighted by Gasteiger charge is 2.19. The zero-order chi connectivity index (χ0) is 53.6. The van der Waals surface area contributed by atoms with Crippen LogP contribution in [0, 0.1) is 0 Å². The van der Waals surface area contributed by atoms with Gasteiger partial charge in [-0.25, -0.2) is 0 Å². The molecule has 0 saturated carbocycles. The van der Waals surface area contributed by atoms with Crippen LogP contribution in [-0.2, 0) is 28.6 Å². The van der Waals surface area contributed by atoms with Gasteiger partial charge in [0.05, 0.1) is 0 Å². The second kappa shape index (κ2) is 61.4. The van der Waals surface area contributed by atoms with Crippen LogP contribution in [0.2, 0.25) is 0 Å². The van der Waals surface area contributed by atoms with Crippen molar-refractivity contribution in [2.24, 2.45) is 0 Å². The molecule has 1 unspecified atom stereocenters. The van der Waals surface area contributed by atoms with Gasteiger partial charge < -0.3 is 14.2 Å². The summed E-state index contributed by atoms with van der Waals surface area (Å²) in [5.41, 5.74) is 0. The molecular weight excluding hydrogens is 913 g/mol. The van der Waals surface area contributed by atoms with Crippen molar-refractivity contribution in [3.05, 3.63) is 122 Å². The van der Waals surface area contributed by atoms with Crippen LogP contribution in [0.5, 0.6) is 0 Å². The number of carbonyl (C=O) groups excluding carboxylic acids is 3. The summed E-state index contributed by atoms with van der Waals surface area (Å²) >= 11 is 0. The summed E-state index contributed by atoms with van der Waals surface area (Å²) in [5, 5.41) is 0. The smallest absolute Gasteiger partial charge is 0.306 e. The molecule has 0 aromatic heterocycles. The number of hydrogen-bond donors (Lipinski definition) is 0. The van der Waals surface area contributed by atoms with Crippen molar-refractivity contribution in [3.8, 4) is 0 Å². The zero-order valence-electron chi connectivity index (χ0n) is 48.1. The molecule has 0 radical (unpaired) electrons. The van der Waals surface area contributed by atoms with Gasteiger partial charge in [-0.15, -0.1) is 0 Å². The molecule has 6 heteroatoms. The van der Waals surface area contributed by atoms with Crippen LogP contribution >= 0.6 is 0 Å². The third-order valence-electron chi connectivity index (χ3n) is 12.7. The summed E-state index contributed by atoms with van der Waals surface area (Å²) in [4.78, 5) is 38.1. The van der Waals surface area contributed by atoms with Gasteiger partial charge in [-0.3, -0.25) is 14.4 Å². The lowest BCUT2D eigenvalue weighted by atomic mass is 10.0. The van der Waals surface area contributed by atoms with Crippen LogP contribution < -0.4 is 0 Å². The quantitative estimate of drug-likeness (QED) is 0.0261. The molecule has 0 aromatic carbocycles. The van der Waals surface area contributed by atoms with E-state index in [1.54, 1.807) is 0 Å². The number of unbranched alkanes of at least 4 members (excludes halogenated alkanes) is 23. The number of rotatable bonds is 54. The van der Waals surface area contributed by atoms with Crippen molar-refractivity contribution in [3.63, 3.8) is 0 Å². The lowest BCUT2D eigenvalue weighted by molar-refractivity contribution is -0.167. The minimum Gasteiger partial charge on any atom is -0.462 e. The maximum absolute atomic E-state index is 12.8.